The SMILES string of the molecule is O=C(CCn1cnc2cc(F)c(F)cc21)N1CCCC1. The van der Waals surface area contributed by atoms with Crippen LogP contribution in [0, 0.1) is 11.6 Å². The lowest BCUT2D eigenvalue weighted by molar-refractivity contribution is -0.130. The molecule has 2 aromatic rings. The van der Waals surface area contributed by atoms with Gasteiger partial charge in [-0.25, -0.2) is 13.8 Å². The highest BCUT2D eigenvalue weighted by Gasteiger charge is 2.18. The third-order valence-electron chi connectivity index (χ3n) is 3.69. The number of halogens is 2. The maximum absolute atomic E-state index is 13.3. The lowest BCUT2D eigenvalue weighted by Crippen LogP contribution is -2.28. The molecular formula is C14H15F2N3O. The Balaban J connectivity index is 1.74. The Kier molecular flexibility index (Phi) is 3.38. The highest BCUT2D eigenvalue weighted by atomic mass is 19.2. The van der Waals surface area contributed by atoms with E-state index in [4.69, 9.17) is 0 Å². The van der Waals surface area contributed by atoms with Gasteiger partial charge in [0.2, 0.25) is 5.91 Å². The van der Waals surface area contributed by atoms with Crippen molar-refractivity contribution < 1.29 is 13.6 Å². The highest BCUT2D eigenvalue weighted by Crippen LogP contribution is 2.18. The Morgan fingerprint density at radius 2 is 1.90 bits per heavy atom. The molecule has 3 rings (SSSR count). The van der Waals surface area contributed by atoms with E-state index in [-0.39, 0.29) is 5.91 Å². The first-order valence-corrected chi connectivity index (χ1v) is 6.73. The number of amides is 1. The molecule has 0 spiro atoms. The number of rotatable bonds is 3. The van der Waals surface area contributed by atoms with Gasteiger partial charge in [-0.3, -0.25) is 4.79 Å². The lowest BCUT2D eigenvalue weighted by atomic mass is 10.3. The van der Waals surface area contributed by atoms with Crippen molar-refractivity contribution in [1.82, 2.24) is 14.5 Å². The van der Waals surface area contributed by atoms with Gasteiger partial charge in [-0.05, 0) is 12.8 Å². The molecule has 0 bridgehead atoms. The Bertz CT molecular complexity index is 647. The largest absolute Gasteiger partial charge is 0.343 e. The van der Waals surface area contributed by atoms with E-state index in [1.807, 2.05) is 4.90 Å². The van der Waals surface area contributed by atoms with Crippen LogP contribution in [0.15, 0.2) is 18.5 Å². The third kappa shape index (κ3) is 2.37. The van der Waals surface area contributed by atoms with Crippen molar-refractivity contribution in [2.24, 2.45) is 0 Å². The summed E-state index contributed by atoms with van der Waals surface area (Å²) in [6.45, 7) is 2.07. The summed E-state index contributed by atoms with van der Waals surface area (Å²) in [5.41, 5.74) is 0.913. The number of imidazole rings is 1. The number of carbonyl (C=O) groups excluding carboxylic acids is 1. The van der Waals surface area contributed by atoms with Crippen molar-refractivity contribution in [3.05, 3.63) is 30.1 Å². The molecule has 0 radical (unpaired) electrons. The summed E-state index contributed by atoms with van der Waals surface area (Å²) < 4.78 is 28.0. The zero-order chi connectivity index (χ0) is 14.1. The molecule has 1 saturated heterocycles. The van der Waals surface area contributed by atoms with Gasteiger partial charge in [-0.2, -0.15) is 0 Å². The number of fused-ring (bicyclic) bond motifs is 1. The van der Waals surface area contributed by atoms with Crippen molar-refractivity contribution in [2.45, 2.75) is 25.8 Å². The molecule has 0 aliphatic carbocycles. The van der Waals surface area contributed by atoms with E-state index in [0.717, 1.165) is 38.1 Å². The van der Waals surface area contributed by atoms with Crippen molar-refractivity contribution >= 4 is 16.9 Å². The number of aryl methyl sites for hydroxylation is 1. The second-order valence-corrected chi connectivity index (χ2v) is 5.03. The molecule has 0 N–H and O–H groups in total. The van der Waals surface area contributed by atoms with Gasteiger partial charge in [0.1, 0.15) is 0 Å². The molecule has 1 fully saturated rings. The number of nitrogens with zero attached hydrogens (tertiary/aromatic N) is 3. The number of benzene rings is 1. The Morgan fingerprint density at radius 1 is 1.20 bits per heavy atom. The minimum absolute atomic E-state index is 0.104. The van der Waals surface area contributed by atoms with Gasteiger partial charge in [0, 0.05) is 38.2 Å². The number of aromatic nitrogens is 2. The van der Waals surface area contributed by atoms with E-state index in [1.165, 1.54) is 6.33 Å². The third-order valence-corrected chi connectivity index (χ3v) is 3.69. The number of likely N-dealkylation sites (tertiary alicyclic amines) is 1. The average molecular weight is 279 g/mol. The van der Waals surface area contributed by atoms with Crippen LogP contribution in [0.1, 0.15) is 19.3 Å². The number of hydrogen-bond donors (Lipinski definition) is 0. The quantitative estimate of drug-likeness (QED) is 0.865. The van der Waals surface area contributed by atoms with E-state index in [9.17, 15) is 13.6 Å². The standard InChI is InChI=1S/C14H15F2N3O/c15-10-7-12-13(8-11(10)16)19(9-17-12)6-3-14(20)18-4-1-2-5-18/h7-9H,1-6H2. The van der Waals surface area contributed by atoms with Crippen LogP contribution >= 0.6 is 0 Å². The van der Waals surface area contributed by atoms with Crippen LogP contribution in [0.2, 0.25) is 0 Å². The summed E-state index contributed by atoms with van der Waals surface area (Å²) in [5.74, 6) is -1.70. The summed E-state index contributed by atoms with van der Waals surface area (Å²) in [6, 6.07) is 2.20. The first-order chi connectivity index (χ1) is 9.65. The van der Waals surface area contributed by atoms with Crippen LogP contribution in [-0.2, 0) is 11.3 Å². The molecule has 20 heavy (non-hydrogen) atoms. The van der Waals surface area contributed by atoms with E-state index >= 15 is 0 Å². The Morgan fingerprint density at radius 3 is 2.65 bits per heavy atom. The van der Waals surface area contributed by atoms with Crippen LogP contribution in [0.4, 0.5) is 8.78 Å². The highest BCUT2D eigenvalue weighted by molar-refractivity contribution is 5.78. The predicted molar refractivity (Wildman–Crippen MR) is 70.1 cm³/mol. The van der Waals surface area contributed by atoms with Gasteiger partial charge in [-0.15, -0.1) is 0 Å². The first kappa shape index (κ1) is 13.0. The molecule has 1 aliphatic rings. The van der Waals surface area contributed by atoms with Gasteiger partial charge in [0.05, 0.1) is 17.4 Å². The molecule has 1 amide bonds. The molecule has 0 saturated carbocycles. The normalized spacial score (nSPS) is 15.2. The maximum atomic E-state index is 13.3. The van der Waals surface area contributed by atoms with E-state index < -0.39 is 11.6 Å². The lowest BCUT2D eigenvalue weighted by Gasteiger charge is -2.15. The topological polar surface area (TPSA) is 38.1 Å². The fourth-order valence-electron chi connectivity index (χ4n) is 2.57. The maximum Gasteiger partial charge on any atom is 0.224 e. The minimum Gasteiger partial charge on any atom is -0.343 e. The molecule has 106 valence electrons. The molecule has 4 nitrogen and oxygen atoms in total. The fourth-order valence-corrected chi connectivity index (χ4v) is 2.57. The van der Waals surface area contributed by atoms with Gasteiger partial charge < -0.3 is 9.47 Å². The summed E-state index contributed by atoms with van der Waals surface area (Å²) in [5, 5.41) is 0. The predicted octanol–water partition coefficient (Wildman–Crippen LogP) is 2.33. The van der Waals surface area contributed by atoms with Crippen molar-refractivity contribution in [1.29, 1.82) is 0 Å². The average Bonchev–Trinajstić information content (AvgIpc) is 3.07. The van der Waals surface area contributed by atoms with E-state index in [2.05, 4.69) is 4.98 Å². The summed E-state index contributed by atoms with van der Waals surface area (Å²) >= 11 is 0. The molecule has 1 aliphatic heterocycles. The Hall–Kier alpha value is -1.98. The van der Waals surface area contributed by atoms with Crippen molar-refractivity contribution in [2.75, 3.05) is 13.1 Å². The Labute approximate surface area is 115 Å². The zero-order valence-electron chi connectivity index (χ0n) is 11.0. The van der Waals surface area contributed by atoms with Crippen LogP contribution < -0.4 is 0 Å². The molecule has 0 atom stereocenters. The smallest absolute Gasteiger partial charge is 0.224 e. The van der Waals surface area contributed by atoms with Gasteiger partial charge >= 0.3 is 0 Å². The van der Waals surface area contributed by atoms with Gasteiger partial charge in [0.15, 0.2) is 11.6 Å². The number of hydrogen-bond acceptors (Lipinski definition) is 2. The molecule has 0 unspecified atom stereocenters. The molecule has 2 heterocycles. The minimum atomic E-state index is -0.907. The summed E-state index contributed by atoms with van der Waals surface area (Å²) in [4.78, 5) is 17.8. The zero-order valence-corrected chi connectivity index (χ0v) is 11.0. The first-order valence-electron chi connectivity index (χ1n) is 6.73. The molecule has 6 heteroatoms. The van der Waals surface area contributed by atoms with E-state index in [0.29, 0.717) is 24.0 Å². The summed E-state index contributed by atoms with van der Waals surface area (Å²) in [7, 11) is 0. The second-order valence-electron chi connectivity index (χ2n) is 5.03. The van der Waals surface area contributed by atoms with Gasteiger partial charge in [0.25, 0.3) is 0 Å². The monoisotopic (exact) mass is 279 g/mol. The molecule has 1 aromatic carbocycles. The van der Waals surface area contributed by atoms with Gasteiger partial charge in [-0.1, -0.05) is 0 Å². The summed E-state index contributed by atoms with van der Waals surface area (Å²) in [6.07, 6.45) is 3.99. The van der Waals surface area contributed by atoms with Crippen LogP contribution in [-0.4, -0.2) is 33.4 Å². The van der Waals surface area contributed by atoms with Crippen LogP contribution in [0.25, 0.3) is 11.0 Å². The van der Waals surface area contributed by atoms with E-state index in [1.54, 1.807) is 4.57 Å². The van der Waals surface area contributed by atoms with Crippen molar-refractivity contribution in [3.8, 4) is 0 Å². The number of carbonyl (C=O) groups is 1. The second kappa shape index (κ2) is 5.19. The van der Waals surface area contributed by atoms with Crippen LogP contribution in [0.5, 0.6) is 0 Å². The molecular weight excluding hydrogens is 264 g/mol. The molecule has 1 aromatic heterocycles. The fraction of sp³-hybridized carbons (Fsp3) is 0.429. The van der Waals surface area contributed by atoms with Crippen LogP contribution in [0.3, 0.4) is 0 Å². The van der Waals surface area contributed by atoms with Crippen molar-refractivity contribution in [3.63, 3.8) is 0 Å².